The second-order valence-electron chi connectivity index (χ2n) is 8.74. The highest BCUT2D eigenvalue weighted by atomic mass is 35.5. The van der Waals surface area contributed by atoms with Gasteiger partial charge < -0.3 is 9.80 Å². The first kappa shape index (κ1) is 20.9. The van der Waals surface area contributed by atoms with E-state index in [9.17, 15) is 0 Å². The highest BCUT2D eigenvalue weighted by Gasteiger charge is 2.22. The third kappa shape index (κ3) is 5.83. The van der Waals surface area contributed by atoms with Gasteiger partial charge in [0, 0.05) is 47.6 Å². The van der Waals surface area contributed by atoms with Crippen LogP contribution in [0.5, 0.6) is 0 Å². The lowest BCUT2D eigenvalue weighted by Gasteiger charge is -2.35. The third-order valence-corrected chi connectivity index (χ3v) is 7.34. The van der Waals surface area contributed by atoms with Crippen molar-refractivity contribution in [3.8, 4) is 0 Å². The van der Waals surface area contributed by atoms with Crippen molar-refractivity contribution in [1.82, 2.24) is 0 Å². The fourth-order valence-corrected chi connectivity index (χ4v) is 5.21. The zero-order chi connectivity index (χ0) is 20.1. The highest BCUT2D eigenvalue weighted by Crippen LogP contribution is 2.31. The summed E-state index contributed by atoms with van der Waals surface area (Å²) in [6.45, 7) is 4.75. The maximum absolute atomic E-state index is 6.01. The average molecular weight is 431 g/mol. The van der Waals surface area contributed by atoms with E-state index in [4.69, 9.17) is 23.2 Å². The minimum Gasteiger partial charge on any atom is -0.372 e. The molecular formula is C25H32Cl2N2. The molecule has 2 aromatic rings. The Labute approximate surface area is 185 Å². The number of anilines is 2. The normalized spacial score (nSPS) is 19.0. The number of benzene rings is 2. The summed E-state index contributed by atoms with van der Waals surface area (Å²) in [6, 6.07) is 16.6. The van der Waals surface area contributed by atoms with Crippen LogP contribution in [0.15, 0.2) is 48.5 Å². The van der Waals surface area contributed by atoms with Gasteiger partial charge in [-0.1, -0.05) is 42.5 Å². The lowest BCUT2D eigenvalue weighted by atomic mass is 9.86. The quantitative estimate of drug-likeness (QED) is 0.474. The minimum absolute atomic E-state index is 0.822. The van der Waals surface area contributed by atoms with E-state index in [-0.39, 0.29) is 0 Å². The molecule has 2 aliphatic heterocycles. The van der Waals surface area contributed by atoms with Crippen LogP contribution in [0.1, 0.15) is 44.9 Å². The topological polar surface area (TPSA) is 6.48 Å². The van der Waals surface area contributed by atoms with E-state index in [0.717, 1.165) is 21.9 Å². The molecular weight excluding hydrogens is 399 g/mol. The molecule has 0 aliphatic carbocycles. The van der Waals surface area contributed by atoms with Crippen LogP contribution in [0, 0.1) is 11.8 Å². The number of piperidine rings is 2. The molecule has 2 aliphatic rings. The summed E-state index contributed by atoms with van der Waals surface area (Å²) in [5.41, 5.74) is 2.64. The summed E-state index contributed by atoms with van der Waals surface area (Å²) in [6.07, 6.45) is 9.54. The summed E-state index contributed by atoms with van der Waals surface area (Å²) in [7, 11) is 0. The van der Waals surface area contributed by atoms with Gasteiger partial charge in [0.1, 0.15) is 0 Å². The zero-order valence-electron chi connectivity index (χ0n) is 17.2. The van der Waals surface area contributed by atoms with E-state index in [1.54, 1.807) is 0 Å². The van der Waals surface area contributed by atoms with Crippen LogP contribution in [-0.4, -0.2) is 26.2 Å². The van der Waals surface area contributed by atoms with Gasteiger partial charge in [-0.25, -0.2) is 0 Å². The van der Waals surface area contributed by atoms with E-state index in [1.807, 2.05) is 24.3 Å². The third-order valence-electron chi connectivity index (χ3n) is 6.84. The lowest BCUT2D eigenvalue weighted by Crippen LogP contribution is -2.34. The van der Waals surface area contributed by atoms with Gasteiger partial charge in [-0.05, 0) is 86.1 Å². The zero-order valence-corrected chi connectivity index (χ0v) is 18.7. The Hall–Kier alpha value is -1.38. The van der Waals surface area contributed by atoms with Crippen molar-refractivity contribution in [2.75, 3.05) is 36.0 Å². The number of hydrogen-bond acceptors (Lipinski definition) is 2. The van der Waals surface area contributed by atoms with E-state index in [0.29, 0.717) is 0 Å². The number of halogens is 2. The molecule has 0 saturated carbocycles. The van der Waals surface area contributed by atoms with Gasteiger partial charge in [-0.2, -0.15) is 0 Å². The summed E-state index contributed by atoms with van der Waals surface area (Å²) in [5, 5.41) is 1.64. The first-order chi connectivity index (χ1) is 14.2. The maximum Gasteiger partial charge on any atom is 0.0407 e. The van der Waals surface area contributed by atoms with Gasteiger partial charge in [0.25, 0.3) is 0 Å². The van der Waals surface area contributed by atoms with Crippen molar-refractivity contribution < 1.29 is 0 Å². The number of rotatable bonds is 6. The van der Waals surface area contributed by atoms with Crippen molar-refractivity contribution in [3.05, 3.63) is 58.6 Å². The first-order valence-corrected chi connectivity index (χ1v) is 11.9. The lowest BCUT2D eigenvalue weighted by molar-refractivity contribution is 0.325. The van der Waals surface area contributed by atoms with E-state index in [2.05, 4.69) is 34.1 Å². The van der Waals surface area contributed by atoms with Crippen molar-refractivity contribution in [1.29, 1.82) is 0 Å². The summed E-state index contributed by atoms with van der Waals surface area (Å²) in [5.74, 6) is 1.82. The molecule has 0 atom stereocenters. The summed E-state index contributed by atoms with van der Waals surface area (Å²) in [4.78, 5) is 5.03. The van der Waals surface area contributed by atoms with Crippen molar-refractivity contribution >= 4 is 34.6 Å². The van der Waals surface area contributed by atoms with Gasteiger partial charge in [0.05, 0.1) is 0 Å². The SMILES string of the molecule is Clc1ccc(N2CCC(CCCC3CCN(c4ccc(Cl)cc4)CC3)CC2)cc1. The fraction of sp³-hybridized carbons (Fsp3) is 0.520. The maximum atomic E-state index is 6.01. The Balaban J connectivity index is 1.13. The van der Waals surface area contributed by atoms with Gasteiger partial charge in [0.2, 0.25) is 0 Å². The second kappa shape index (κ2) is 10.1. The molecule has 4 rings (SSSR count). The van der Waals surface area contributed by atoms with E-state index < -0.39 is 0 Å². The van der Waals surface area contributed by atoms with E-state index >= 15 is 0 Å². The van der Waals surface area contributed by atoms with Crippen molar-refractivity contribution in [2.24, 2.45) is 11.8 Å². The smallest absolute Gasteiger partial charge is 0.0407 e. The summed E-state index contributed by atoms with van der Waals surface area (Å²) >= 11 is 12.0. The molecule has 0 spiro atoms. The average Bonchev–Trinajstić information content (AvgIpc) is 2.76. The predicted molar refractivity (Wildman–Crippen MR) is 127 cm³/mol. The van der Waals surface area contributed by atoms with Crippen LogP contribution in [0.25, 0.3) is 0 Å². The molecule has 0 N–H and O–H groups in total. The largest absolute Gasteiger partial charge is 0.372 e. The predicted octanol–water partition coefficient (Wildman–Crippen LogP) is 7.30. The Morgan fingerprint density at radius 3 is 1.28 bits per heavy atom. The van der Waals surface area contributed by atoms with Crippen LogP contribution in [-0.2, 0) is 0 Å². The monoisotopic (exact) mass is 430 g/mol. The van der Waals surface area contributed by atoms with Crippen LogP contribution in [0.2, 0.25) is 10.0 Å². The first-order valence-electron chi connectivity index (χ1n) is 11.2. The molecule has 0 radical (unpaired) electrons. The Bertz CT molecular complexity index is 678. The molecule has 156 valence electrons. The van der Waals surface area contributed by atoms with Crippen LogP contribution < -0.4 is 9.80 Å². The van der Waals surface area contributed by atoms with Crippen LogP contribution >= 0.6 is 23.2 Å². The van der Waals surface area contributed by atoms with Crippen LogP contribution in [0.4, 0.5) is 11.4 Å². The molecule has 0 aromatic heterocycles. The molecule has 0 bridgehead atoms. The molecule has 0 amide bonds. The molecule has 2 aromatic carbocycles. The fourth-order valence-electron chi connectivity index (χ4n) is 4.96. The van der Waals surface area contributed by atoms with Gasteiger partial charge in [0.15, 0.2) is 0 Å². The Morgan fingerprint density at radius 1 is 0.586 bits per heavy atom. The van der Waals surface area contributed by atoms with Gasteiger partial charge >= 0.3 is 0 Å². The Kier molecular flexibility index (Phi) is 7.26. The van der Waals surface area contributed by atoms with Crippen molar-refractivity contribution in [2.45, 2.75) is 44.9 Å². The molecule has 2 saturated heterocycles. The highest BCUT2D eigenvalue weighted by molar-refractivity contribution is 6.30. The molecule has 0 unspecified atom stereocenters. The molecule has 2 heterocycles. The van der Waals surface area contributed by atoms with Gasteiger partial charge in [-0.3, -0.25) is 0 Å². The Morgan fingerprint density at radius 2 is 0.931 bits per heavy atom. The van der Waals surface area contributed by atoms with E-state index in [1.165, 1.54) is 82.5 Å². The summed E-state index contributed by atoms with van der Waals surface area (Å²) < 4.78 is 0. The molecule has 29 heavy (non-hydrogen) atoms. The minimum atomic E-state index is 0.822. The van der Waals surface area contributed by atoms with Crippen LogP contribution in [0.3, 0.4) is 0 Å². The molecule has 2 fully saturated rings. The molecule has 4 heteroatoms. The standard InChI is InChI=1S/C25H32Cl2N2/c26-22-4-8-24(9-5-22)28-16-12-20(13-17-28)2-1-3-21-14-18-29(19-15-21)25-10-6-23(27)7-11-25/h4-11,20-21H,1-3,12-19H2. The number of nitrogens with zero attached hydrogens (tertiary/aromatic N) is 2. The van der Waals surface area contributed by atoms with Crippen molar-refractivity contribution in [3.63, 3.8) is 0 Å². The molecule has 2 nitrogen and oxygen atoms in total. The second-order valence-corrected chi connectivity index (χ2v) is 9.62. The van der Waals surface area contributed by atoms with Gasteiger partial charge in [-0.15, -0.1) is 0 Å². The number of hydrogen-bond donors (Lipinski definition) is 0.